The molecule has 0 spiro atoms. The lowest BCUT2D eigenvalue weighted by Crippen LogP contribution is -2.49. The zero-order chi connectivity index (χ0) is 20.1. The molecular formula is C21H32FN3O3. The van der Waals surface area contributed by atoms with Gasteiger partial charge < -0.3 is 19.3 Å². The summed E-state index contributed by atoms with van der Waals surface area (Å²) in [5.74, 6) is 0.612. The highest BCUT2D eigenvalue weighted by atomic mass is 19.1. The summed E-state index contributed by atoms with van der Waals surface area (Å²) in [6.07, 6.45) is 2.13. The van der Waals surface area contributed by atoms with Crippen LogP contribution in [0.4, 0.5) is 14.9 Å². The number of anilines is 1. The van der Waals surface area contributed by atoms with Gasteiger partial charge in [-0.05, 0) is 39.7 Å². The Labute approximate surface area is 167 Å². The molecule has 156 valence electrons. The number of carbonyl (C=O) groups excluding carboxylic acids is 1. The topological polar surface area (TPSA) is 45.2 Å². The number of hydrogen-bond acceptors (Lipinski definition) is 5. The van der Waals surface area contributed by atoms with Crippen LogP contribution in [0.2, 0.25) is 0 Å². The Morgan fingerprint density at radius 2 is 1.75 bits per heavy atom. The van der Waals surface area contributed by atoms with Crippen molar-refractivity contribution in [2.24, 2.45) is 0 Å². The number of alkyl halides is 1. The molecule has 2 aliphatic rings. The van der Waals surface area contributed by atoms with Crippen LogP contribution in [0.25, 0.3) is 0 Å². The molecule has 6 nitrogen and oxygen atoms in total. The average molecular weight is 394 g/mol. The van der Waals surface area contributed by atoms with Crippen LogP contribution in [0.5, 0.6) is 5.75 Å². The zero-order valence-corrected chi connectivity index (χ0v) is 17.2. The van der Waals surface area contributed by atoms with Gasteiger partial charge in [-0.15, -0.1) is 0 Å². The van der Waals surface area contributed by atoms with Crippen LogP contribution in [0, 0.1) is 0 Å². The smallest absolute Gasteiger partial charge is 0.410 e. The van der Waals surface area contributed by atoms with Crippen LogP contribution in [-0.2, 0) is 11.3 Å². The van der Waals surface area contributed by atoms with Gasteiger partial charge in [0.2, 0.25) is 6.86 Å². The fourth-order valence-corrected chi connectivity index (χ4v) is 3.69. The predicted octanol–water partition coefficient (Wildman–Crippen LogP) is 3.65. The SMILES string of the molecule is CC(C)(C)OC(=O)N1CCN(Cc2ccc(N3CCCC3)cc2OCF)CC1. The minimum Gasteiger partial charge on any atom is -0.463 e. The molecule has 0 aliphatic carbocycles. The van der Waals surface area contributed by atoms with Crippen LogP contribution in [-0.4, -0.2) is 67.6 Å². The van der Waals surface area contributed by atoms with Gasteiger partial charge in [-0.2, -0.15) is 0 Å². The second-order valence-electron chi connectivity index (χ2n) is 8.48. The summed E-state index contributed by atoms with van der Waals surface area (Å²) in [6, 6.07) is 6.10. The first-order chi connectivity index (χ1) is 13.4. The fraction of sp³-hybridized carbons (Fsp3) is 0.667. The van der Waals surface area contributed by atoms with Crippen molar-refractivity contribution in [3.05, 3.63) is 23.8 Å². The predicted molar refractivity (Wildman–Crippen MR) is 108 cm³/mol. The lowest BCUT2D eigenvalue weighted by atomic mass is 10.1. The van der Waals surface area contributed by atoms with Crippen molar-refractivity contribution >= 4 is 11.8 Å². The largest absolute Gasteiger partial charge is 0.463 e. The van der Waals surface area contributed by atoms with Gasteiger partial charge in [-0.1, -0.05) is 6.07 Å². The Kier molecular flexibility index (Phi) is 6.65. The Bertz CT molecular complexity index is 663. The van der Waals surface area contributed by atoms with E-state index in [0.29, 0.717) is 25.4 Å². The Hall–Kier alpha value is -2.02. The summed E-state index contributed by atoms with van der Waals surface area (Å²) < 4.78 is 23.6. The lowest BCUT2D eigenvalue weighted by molar-refractivity contribution is 0.0138. The van der Waals surface area contributed by atoms with Crippen LogP contribution >= 0.6 is 0 Å². The molecule has 1 amide bonds. The van der Waals surface area contributed by atoms with Crippen molar-refractivity contribution in [2.45, 2.75) is 45.8 Å². The molecule has 0 N–H and O–H groups in total. The number of benzene rings is 1. The fourth-order valence-electron chi connectivity index (χ4n) is 3.69. The third-order valence-electron chi connectivity index (χ3n) is 5.15. The minimum absolute atomic E-state index is 0.261. The van der Waals surface area contributed by atoms with Crippen LogP contribution in [0.15, 0.2) is 18.2 Å². The molecule has 0 unspecified atom stereocenters. The monoisotopic (exact) mass is 393 g/mol. The van der Waals surface area contributed by atoms with E-state index in [1.807, 2.05) is 32.9 Å². The van der Waals surface area contributed by atoms with Crippen LogP contribution in [0.3, 0.4) is 0 Å². The molecular weight excluding hydrogens is 361 g/mol. The first-order valence-corrected chi connectivity index (χ1v) is 10.1. The summed E-state index contributed by atoms with van der Waals surface area (Å²) >= 11 is 0. The van der Waals surface area contributed by atoms with Crippen molar-refractivity contribution in [2.75, 3.05) is 51.0 Å². The summed E-state index contributed by atoms with van der Waals surface area (Å²) in [7, 11) is 0. The summed E-state index contributed by atoms with van der Waals surface area (Å²) in [4.78, 5) is 18.5. The van der Waals surface area contributed by atoms with E-state index in [-0.39, 0.29) is 6.09 Å². The highest BCUT2D eigenvalue weighted by Crippen LogP contribution is 2.29. The number of nitrogens with zero attached hydrogens (tertiary/aromatic N) is 3. The number of hydrogen-bond donors (Lipinski definition) is 0. The van der Waals surface area contributed by atoms with Crippen molar-refractivity contribution in [1.29, 1.82) is 0 Å². The molecule has 0 atom stereocenters. The first kappa shape index (κ1) is 20.7. The van der Waals surface area contributed by atoms with Gasteiger partial charge in [-0.3, -0.25) is 4.90 Å². The summed E-state index contributed by atoms with van der Waals surface area (Å²) in [6.45, 7) is 10.3. The Morgan fingerprint density at radius 3 is 2.36 bits per heavy atom. The number of piperazine rings is 1. The molecule has 0 bridgehead atoms. The van der Waals surface area contributed by atoms with E-state index in [2.05, 4.69) is 15.9 Å². The van der Waals surface area contributed by atoms with Gasteiger partial charge in [0.1, 0.15) is 11.4 Å². The average Bonchev–Trinajstić information content (AvgIpc) is 3.17. The van der Waals surface area contributed by atoms with Gasteiger partial charge in [0.15, 0.2) is 0 Å². The van der Waals surface area contributed by atoms with E-state index in [1.165, 1.54) is 12.8 Å². The van der Waals surface area contributed by atoms with Crippen molar-refractivity contribution in [3.63, 3.8) is 0 Å². The van der Waals surface area contributed by atoms with E-state index in [0.717, 1.165) is 37.4 Å². The highest BCUT2D eigenvalue weighted by molar-refractivity contribution is 5.68. The zero-order valence-electron chi connectivity index (χ0n) is 17.2. The second-order valence-corrected chi connectivity index (χ2v) is 8.48. The van der Waals surface area contributed by atoms with E-state index in [1.54, 1.807) is 4.90 Å². The third kappa shape index (κ3) is 5.50. The molecule has 2 aliphatic heterocycles. The standard InChI is InChI=1S/C21H32FN3O3/c1-21(2,3)28-20(26)25-12-10-23(11-13-25)15-17-6-7-18(14-19(17)27-16-22)24-8-4-5-9-24/h6-7,14H,4-5,8-13,15-16H2,1-3H3. The molecule has 1 aromatic rings. The molecule has 3 rings (SSSR count). The third-order valence-corrected chi connectivity index (χ3v) is 5.15. The van der Waals surface area contributed by atoms with Gasteiger partial charge in [0, 0.05) is 63.1 Å². The Balaban J connectivity index is 1.58. The molecule has 2 fully saturated rings. The van der Waals surface area contributed by atoms with Gasteiger partial charge >= 0.3 is 6.09 Å². The molecule has 1 aromatic carbocycles. The number of ether oxygens (including phenoxy) is 2. The quantitative estimate of drug-likeness (QED) is 0.764. The van der Waals surface area contributed by atoms with E-state index in [9.17, 15) is 9.18 Å². The molecule has 28 heavy (non-hydrogen) atoms. The summed E-state index contributed by atoms with van der Waals surface area (Å²) in [5.41, 5.74) is 1.59. The Morgan fingerprint density at radius 1 is 1.07 bits per heavy atom. The van der Waals surface area contributed by atoms with Gasteiger partial charge in [-0.25, -0.2) is 9.18 Å². The molecule has 0 radical (unpaired) electrons. The van der Waals surface area contributed by atoms with Crippen LogP contribution in [0.1, 0.15) is 39.2 Å². The van der Waals surface area contributed by atoms with E-state index in [4.69, 9.17) is 9.47 Å². The van der Waals surface area contributed by atoms with Crippen molar-refractivity contribution in [1.82, 2.24) is 9.80 Å². The van der Waals surface area contributed by atoms with Gasteiger partial charge in [0.05, 0.1) is 0 Å². The van der Waals surface area contributed by atoms with E-state index >= 15 is 0 Å². The molecule has 0 saturated carbocycles. The highest BCUT2D eigenvalue weighted by Gasteiger charge is 2.26. The first-order valence-electron chi connectivity index (χ1n) is 10.1. The molecule has 0 aromatic heterocycles. The molecule has 7 heteroatoms. The second kappa shape index (κ2) is 8.99. The minimum atomic E-state index is -0.830. The number of carbonyl (C=O) groups is 1. The maximum atomic E-state index is 12.9. The maximum Gasteiger partial charge on any atom is 0.410 e. The summed E-state index contributed by atoms with van der Waals surface area (Å²) in [5, 5.41) is 0. The number of amides is 1. The van der Waals surface area contributed by atoms with E-state index < -0.39 is 12.5 Å². The van der Waals surface area contributed by atoms with Crippen molar-refractivity contribution < 1.29 is 18.7 Å². The maximum absolute atomic E-state index is 12.9. The lowest BCUT2D eigenvalue weighted by Gasteiger charge is -2.35. The van der Waals surface area contributed by atoms with Gasteiger partial charge in [0.25, 0.3) is 0 Å². The number of rotatable bonds is 5. The molecule has 2 heterocycles. The van der Waals surface area contributed by atoms with Crippen molar-refractivity contribution in [3.8, 4) is 5.75 Å². The molecule has 2 saturated heterocycles. The van der Waals surface area contributed by atoms with Crippen LogP contribution < -0.4 is 9.64 Å². The normalized spacial score (nSPS) is 18.4. The number of halogens is 1.